The average Bonchev–Trinajstić information content (AvgIpc) is 2.46. The van der Waals surface area contributed by atoms with Gasteiger partial charge in [0.2, 0.25) is 10.0 Å². The third kappa shape index (κ3) is 4.73. The number of sulfonamides is 1. The van der Waals surface area contributed by atoms with Crippen LogP contribution in [0.15, 0.2) is 53.4 Å². The van der Waals surface area contributed by atoms with Gasteiger partial charge in [-0.1, -0.05) is 29.8 Å². The van der Waals surface area contributed by atoms with E-state index in [4.69, 9.17) is 16.3 Å². The zero-order valence-corrected chi connectivity index (χ0v) is 14.0. The molecule has 0 unspecified atom stereocenters. The van der Waals surface area contributed by atoms with Crippen LogP contribution in [-0.2, 0) is 16.6 Å². The molecule has 2 rings (SSSR count). The minimum absolute atomic E-state index is 0.104. The molecule has 0 fully saturated rings. The lowest BCUT2D eigenvalue weighted by molar-refractivity contribution is 0.242. The number of rotatable bonds is 6. The summed E-state index contributed by atoms with van der Waals surface area (Å²) in [4.78, 5) is 0.153. The number of ether oxygens (including phenoxy) is 1. The van der Waals surface area contributed by atoms with Crippen LogP contribution in [0.4, 0.5) is 0 Å². The zero-order valence-electron chi connectivity index (χ0n) is 12.4. The highest BCUT2D eigenvalue weighted by atomic mass is 35.5. The molecule has 2 aromatic rings. The van der Waals surface area contributed by atoms with Gasteiger partial charge in [0.05, 0.1) is 11.0 Å². The zero-order chi connectivity index (χ0) is 16.2. The Kier molecular flexibility index (Phi) is 5.45. The predicted molar refractivity (Wildman–Crippen MR) is 87.7 cm³/mol. The second-order valence-corrected chi connectivity index (χ2v) is 7.30. The van der Waals surface area contributed by atoms with Gasteiger partial charge in [0, 0.05) is 11.6 Å². The first kappa shape index (κ1) is 16.8. The maximum atomic E-state index is 12.2. The molecule has 0 amide bonds. The molecule has 1 N–H and O–H groups in total. The van der Waals surface area contributed by atoms with Crippen molar-refractivity contribution in [3.05, 3.63) is 59.1 Å². The van der Waals surface area contributed by atoms with Gasteiger partial charge in [0.15, 0.2) is 0 Å². The Morgan fingerprint density at radius 3 is 2.41 bits per heavy atom. The number of halogens is 1. The quantitative estimate of drug-likeness (QED) is 0.874. The van der Waals surface area contributed by atoms with Crippen molar-refractivity contribution in [3.8, 4) is 5.75 Å². The van der Waals surface area contributed by atoms with Gasteiger partial charge >= 0.3 is 0 Å². The minimum Gasteiger partial charge on any atom is -0.491 e. The van der Waals surface area contributed by atoms with E-state index in [2.05, 4.69) is 4.72 Å². The molecule has 0 bridgehead atoms. The summed E-state index contributed by atoms with van der Waals surface area (Å²) in [6, 6.07) is 13.5. The van der Waals surface area contributed by atoms with E-state index in [1.165, 1.54) is 12.1 Å². The van der Waals surface area contributed by atoms with Crippen molar-refractivity contribution in [2.24, 2.45) is 0 Å². The summed E-state index contributed by atoms with van der Waals surface area (Å²) in [6.07, 6.45) is 0.104. The Morgan fingerprint density at radius 1 is 1.14 bits per heavy atom. The molecule has 0 aliphatic heterocycles. The average molecular weight is 340 g/mol. The maximum absolute atomic E-state index is 12.2. The molecule has 0 aliphatic rings. The largest absolute Gasteiger partial charge is 0.491 e. The highest BCUT2D eigenvalue weighted by Crippen LogP contribution is 2.17. The third-order valence-electron chi connectivity index (χ3n) is 2.87. The summed E-state index contributed by atoms with van der Waals surface area (Å²) < 4.78 is 32.4. The molecular weight excluding hydrogens is 322 g/mol. The smallest absolute Gasteiger partial charge is 0.240 e. The highest BCUT2D eigenvalue weighted by Gasteiger charge is 2.13. The van der Waals surface area contributed by atoms with Crippen molar-refractivity contribution in [1.29, 1.82) is 0 Å². The lowest BCUT2D eigenvalue weighted by Crippen LogP contribution is -2.23. The highest BCUT2D eigenvalue weighted by molar-refractivity contribution is 7.89. The van der Waals surface area contributed by atoms with Crippen LogP contribution in [0.1, 0.15) is 19.4 Å². The van der Waals surface area contributed by atoms with E-state index >= 15 is 0 Å². The monoisotopic (exact) mass is 339 g/mol. The molecule has 0 spiro atoms. The lowest BCUT2D eigenvalue weighted by atomic mass is 10.2. The van der Waals surface area contributed by atoms with Gasteiger partial charge in [-0.25, -0.2) is 13.1 Å². The van der Waals surface area contributed by atoms with Crippen molar-refractivity contribution in [3.63, 3.8) is 0 Å². The molecule has 0 radical (unpaired) electrons. The first-order valence-corrected chi connectivity index (χ1v) is 8.74. The molecule has 2 aromatic carbocycles. The fraction of sp³-hybridized carbons (Fsp3) is 0.250. The number of nitrogens with one attached hydrogen (secondary N) is 1. The summed E-state index contributed by atoms with van der Waals surface area (Å²) in [7, 11) is -3.58. The second-order valence-electron chi connectivity index (χ2n) is 5.09. The molecule has 0 saturated heterocycles. The van der Waals surface area contributed by atoms with E-state index in [1.54, 1.807) is 12.1 Å². The van der Waals surface area contributed by atoms with Crippen molar-refractivity contribution in [1.82, 2.24) is 4.72 Å². The summed E-state index contributed by atoms with van der Waals surface area (Å²) in [5, 5.41) is 0.387. The summed E-state index contributed by atoms with van der Waals surface area (Å²) in [5.74, 6) is 0.761. The standard InChI is InChI=1S/C16H18ClNO3S/c1-12(2)21-15-8-6-13(7-9-15)11-18-22(19,20)16-5-3-4-14(17)10-16/h3-10,12,18H,11H2,1-2H3. The van der Waals surface area contributed by atoms with E-state index in [0.29, 0.717) is 5.02 Å². The Labute approximate surface area is 136 Å². The summed E-state index contributed by atoms with van der Waals surface area (Å²) in [6.45, 7) is 4.11. The maximum Gasteiger partial charge on any atom is 0.240 e. The van der Waals surface area contributed by atoms with E-state index in [-0.39, 0.29) is 17.5 Å². The van der Waals surface area contributed by atoms with Crippen LogP contribution in [0, 0.1) is 0 Å². The Balaban J connectivity index is 2.03. The molecular formula is C16H18ClNO3S. The molecule has 0 aliphatic carbocycles. The number of benzene rings is 2. The molecule has 6 heteroatoms. The van der Waals surface area contributed by atoms with E-state index in [9.17, 15) is 8.42 Å². The van der Waals surface area contributed by atoms with Crippen molar-refractivity contribution in [2.45, 2.75) is 31.4 Å². The van der Waals surface area contributed by atoms with Gasteiger partial charge in [-0.05, 0) is 49.7 Å². The van der Waals surface area contributed by atoms with Gasteiger partial charge in [-0.3, -0.25) is 0 Å². The van der Waals surface area contributed by atoms with Gasteiger partial charge in [0.1, 0.15) is 5.75 Å². The van der Waals surface area contributed by atoms with Gasteiger partial charge < -0.3 is 4.74 Å². The molecule has 0 atom stereocenters. The van der Waals surface area contributed by atoms with E-state index in [1.807, 2.05) is 38.1 Å². The van der Waals surface area contributed by atoms with Crippen LogP contribution < -0.4 is 9.46 Å². The van der Waals surface area contributed by atoms with Crippen molar-refractivity contribution in [2.75, 3.05) is 0 Å². The Morgan fingerprint density at radius 2 is 1.82 bits per heavy atom. The predicted octanol–water partition coefficient (Wildman–Crippen LogP) is 3.61. The molecule has 0 heterocycles. The van der Waals surface area contributed by atoms with Crippen LogP contribution in [0.3, 0.4) is 0 Å². The van der Waals surface area contributed by atoms with Crippen LogP contribution >= 0.6 is 11.6 Å². The topological polar surface area (TPSA) is 55.4 Å². The van der Waals surface area contributed by atoms with Crippen LogP contribution in [0.25, 0.3) is 0 Å². The SMILES string of the molecule is CC(C)Oc1ccc(CNS(=O)(=O)c2cccc(Cl)c2)cc1. The Bertz CT molecular complexity index is 727. The molecule has 0 saturated carbocycles. The van der Waals surface area contributed by atoms with Crippen LogP contribution in [-0.4, -0.2) is 14.5 Å². The molecule has 4 nitrogen and oxygen atoms in total. The van der Waals surface area contributed by atoms with Crippen LogP contribution in [0.5, 0.6) is 5.75 Å². The first-order valence-electron chi connectivity index (χ1n) is 6.87. The van der Waals surface area contributed by atoms with E-state index in [0.717, 1.165) is 11.3 Å². The summed E-state index contributed by atoms with van der Waals surface area (Å²) in [5.41, 5.74) is 0.849. The first-order chi connectivity index (χ1) is 10.4. The van der Waals surface area contributed by atoms with Gasteiger partial charge in [0.25, 0.3) is 0 Å². The normalized spacial score (nSPS) is 11.6. The molecule has 22 heavy (non-hydrogen) atoms. The minimum atomic E-state index is -3.58. The van der Waals surface area contributed by atoms with Crippen LogP contribution in [0.2, 0.25) is 5.02 Å². The molecule has 118 valence electrons. The fourth-order valence-electron chi connectivity index (χ4n) is 1.85. The van der Waals surface area contributed by atoms with Crippen molar-refractivity contribution >= 4 is 21.6 Å². The van der Waals surface area contributed by atoms with Crippen molar-refractivity contribution < 1.29 is 13.2 Å². The molecule has 0 aromatic heterocycles. The van der Waals surface area contributed by atoms with E-state index < -0.39 is 10.0 Å². The van der Waals surface area contributed by atoms with Gasteiger partial charge in [-0.2, -0.15) is 0 Å². The fourth-order valence-corrected chi connectivity index (χ4v) is 3.17. The second kappa shape index (κ2) is 7.13. The summed E-state index contributed by atoms with van der Waals surface area (Å²) >= 11 is 5.82. The number of hydrogen-bond acceptors (Lipinski definition) is 3. The number of hydrogen-bond donors (Lipinski definition) is 1. The Hall–Kier alpha value is -1.56. The third-order valence-corrected chi connectivity index (χ3v) is 4.50. The lowest BCUT2D eigenvalue weighted by Gasteiger charge is -2.11. The van der Waals surface area contributed by atoms with Gasteiger partial charge in [-0.15, -0.1) is 0 Å².